The number of nitriles is 1. The molecule has 0 spiro atoms. The monoisotopic (exact) mass is 146 g/mol. The van der Waals surface area contributed by atoms with Gasteiger partial charge in [-0.2, -0.15) is 0 Å². The van der Waals surface area contributed by atoms with Crippen molar-refractivity contribution in [2.24, 2.45) is 0 Å². The lowest BCUT2D eigenvalue weighted by Gasteiger charge is -2.13. The van der Waals surface area contributed by atoms with Crippen LogP contribution in [0.15, 0.2) is 0 Å². The quantitative estimate of drug-likeness (QED) is 0.587. The highest BCUT2D eigenvalue weighted by atomic mass is 16.0. The second-order valence-electron chi connectivity index (χ2n) is 1.62. The molecule has 0 bridgehead atoms. The zero-order chi connectivity index (χ0) is 7.70. The van der Waals surface area contributed by atoms with E-state index in [-0.39, 0.29) is 5.48 Å². The van der Waals surface area contributed by atoms with Gasteiger partial charge in [-0.3, -0.25) is 0 Å². The predicted octanol–water partition coefficient (Wildman–Crippen LogP) is 0.663. The molecule has 0 fully saturated rings. The normalized spacial score (nSPS) is 7.40. The third kappa shape index (κ3) is 10.4. The minimum absolute atomic E-state index is 0. The van der Waals surface area contributed by atoms with Crippen molar-refractivity contribution in [2.45, 2.75) is 20.8 Å². The van der Waals surface area contributed by atoms with E-state index in [2.05, 4.69) is 32.2 Å². The summed E-state index contributed by atoms with van der Waals surface area (Å²) in [7, 11) is 0. The van der Waals surface area contributed by atoms with Gasteiger partial charge in [0.25, 0.3) is 0 Å². The van der Waals surface area contributed by atoms with E-state index >= 15 is 0 Å². The Labute approximate surface area is 63.6 Å². The van der Waals surface area contributed by atoms with E-state index in [4.69, 9.17) is 5.26 Å². The van der Waals surface area contributed by atoms with Crippen LogP contribution in [-0.4, -0.2) is 30.0 Å². The average molecular weight is 146 g/mol. The highest BCUT2D eigenvalue weighted by molar-refractivity contribution is 4.43. The molecular weight excluding hydrogens is 128 g/mol. The standard InChI is InChI=1S/C6H15N.CHN.H2O/c1-4-7(5-2)6-3;1-2;/h4-6H2,1-3H3;1H;1H2. The molecule has 3 heteroatoms. The topological polar surface area (TPSA) is 58.5 Å². The third-order valence-corrected chi connectivity index (χ3v) is 1.34. The van der Waals surface area contributed by atoms with Crippen molar-refractivity contribution in [2.75, 3.05) is 19.6 Å². The number of nitrogens with zero attached hydrogens (tertiary/aromatic N) is 2. The van der Waals surface area contributed by atoms with Gasteiger partial charge < -0.3 is 10.4 Å². The van der Waals surface area contributed by atoms with Crippen molar-refractivity contribution in [1.82, 2.24) is 4.90 Å². The Balaban J connectivity index is -0.000000149. The van der Waals surface area contributed by atoms with Crippen LogP contribution < -0.4 is 0 Å². The molecule has 0 aliphatic heterocycles. The Bertz CT molecular complexity index is 54.4. The van der Waals surface area contributed by atoms with Crippen LogP contribution in [0.25, 0.3) is 0 Å². The molecule has 3 nitrogen and oxygen atoms in total. The summed E-state index contributed by atoms with van der Waals surface area (Å²) in [5.41, 5.74) is 0. The fourth-order valence-corrected chi connectivity index (χ4v) is 0.671. The summed E-state index contributed by atoms with van der Waals surface area (Å²) in [6, 6.07) is 0. The lowest BCUT2D eigenvalue weighted by molar-refractivity contribution is 0.321. The van der Waals surface area contributed by atoms with Gasteiger partial charge >= 0.3 is 0 Å². The van der Waals surface area contributed by atoms with E-state index in [0.29, 0.717) is 0 Å². The van der Waals surface area contributed by atoms with Crippen LogP contribution in [0.5, 0.6) is 0 Å². The first-order chi connectivity index (χ1) is 4.35. The summed E-state index contributed by atoms with van der Waals surface area (Å²) >= 11 is 0. The maximum absolute atomic E-state index is 6.50. The molecule has 0 saturated carbocycles. The van der Waals surface area contributed by atoms with Crippen LogP contribution in [0.3, 0.4) is 0 Å². The van der Waals surface area contributed by atoms with Gasteiger partial charge in [0.2, 0.25) is 0 Å². The van der Waals surface area contributed by atoms with Crippen LogP contribution in [-0.2, 0) is 0 Å². The van der Waals surface area contributed by atoms with E-state index in [0.717, 1.165) is 0 Å². The van der Waals surface area contributed by atoms with E-state index in [1.54, 1.807) is 0 Å². The first-order valence-electron chi connectivity index (χ1n) is 3.33. The molecular formula is C7H18N2O. The lowest BCUT2D eigenvalue weighted by atomic mass is 10.5. The van der Waals surface area contributed by atoms with Crippen molar-refractivity contribution in [3.8, 4) is 6.57 Å². The van der Waals surface area contributed by atoms with Crippen molar-refractivity contribution < 1.29 is 5.48 Å². The Morgan fingerprint density at radius 1 is 1.00 bits per heavy atom. The molecule has 0 amide bonds. The molecule has 0 aromatic carbocycles. The fraction of sp³-hybridized carbons (Fsp3) is 0.857. The zero-order valence-electron chi connectivity index (χ0n) is 7.09. The van der Waals surface area contributed by atoms with Gasteiger partial charge in [0.1, 0.15) is 0 Å². The van der Waals surface area contributed by atoms with Crippen molar-refractivity contribution in [1.29, 1.82) is 5.26 Å². The molecule has 0 aliphatic rings. The minimum atomic E-state index is 0. The molecule has 0 aliphatic carbocycles. The molecule has 10 heavy (non-hydrogen) atoms. The molecule has 0 radical (unpaired) electrons. The summed E-state index contributed by atoms with van der Waals surface area (Å²) in [6.07, 6.45) is 0. The predicted molar refractivity (Wildman–Crippen MR) is 43.7 cm³/mol. The van der Waals surface area contributed by atoms with Gasteiger partial charge in [0.15, 0.2) is 0 Å². The van der Waals surface area contributed by atoms with Crippen LogP contribution in [0, 0.1) is 11.8 Å². The number of hydrogen-bond donors (Lipinski definition) is 0. The molecule has 0 unspecified atom stereocenters. The smallest absolute Gasteiger partial charge is 0.0462 e. The summed E-state index contributed by atoms with van der Waals surface area (Å²) < 4.78 is 0. The zero-order valence-corrected chi connectivity index (χ0v) is 7.09. The first kappa shape index (κ1) is 16.2. The molecule has 0 aromatic heterocycles. The van der Waals surface area contributed by atoms with E-state index < -0.39 is 0 Å². The van der Waals surface area contributed by atoms with Crippen LogP contribution in [0.2, 0.25) is 0 Å². The maximum atomic E-state index is 6.50. The molecule has 0 aromatic rings. The van der Waals surface area contributed by atoms with Crippen molar-refractivity contribution >= 4 is 0 Å². The molecule has 2 N–H and O–H groups in total. The lowest BCUT2D eigenvalue weighted by Crippen LogP contribution is -2.21. The van der Waals surface area contributed by atoms with Gasteiger partial charge in [0.05, 0.1) is 0 Å². The highest BCUT2D eigenvalue weighted by Crippen LogP contribution is 1.81. The Hall–Kier alpha value is -0.590. The SMILES string of the molecule is C#N.CCN(CC)CC.O. The molecule has 0 rings (SSSR count). The minimum Gasteiger partial charge on any atom is -0.412 e. The van der Waals surface area contributed by atoms with Gasteiger partial charge in [-0.05, 0) is 19.6 Å². The Morgan fingerprint density at radius 2 is 1.20 bits per heavy atom. The first-order valence-corrected chi connectivity index (χ1v) is 3.33. The average Bonchev–Trinajstić information content (AvgIpc) is 1.96. The summed E-state index contributed by atoms with van der Waals surface area (Å²) in [6.45, 7) is 13.6. The van der Waals surface area contributed by atoms with Crippen molar-refractivity contribution in [3.05, 3.63) is 0 Å². The van der Waals surface area contributed by atoms with E-state index in [1.165, 1.54) is 19.6 Å². The fourth-order valence-electron chi connectivity index (χ4n) is 0.671. The molecule has 0 atom stereocenters. The van der Waals surface area contributed by atoms with Crippen LogP contribution in [0.4, 0.5) is 0 Å². The highest BCUT2D eigenvalue weighted by Gasteiger charge is 1.89. The second kappa shape index (κ2) is 15.8. The maximum Gasteiger partial charge on any atom is 0.0462 e. The van der Waals surface area contributed by atoms with Gasteiger partial charge in [-0.1, -0.05) is 20.8 Å². The molecule has 62 valence electrons. The summed E-state index contributed by atoms with van der Waals surface area (Å²) in [5, 5.41) is 6.50. The van der Waals surface area contributed by atoms with Crippen LogP contribution >= 0.6 is 0 Å². The van der Waals surface area contributed by atoms with E-state index in [1.807, 2.05) is 0 Å². The summed E-state index contributed by atoms with van der Waals surface area (Å²) in [5.74, 6) is 0. The second-order valence-corrected chi connectivity index (χ2v) is 1.62. The number of hydrogen-bond acceptors (Lipinski definition) is 2. The summed E-state index contributed by atoms with van der Waals surface area (Å²) in [4.78, 5) is 2.38. The van der Waals surface area contributed by atoms with Gasteiger partial charge in [-0.25, -0.2) is 5.26 Å². The van der Waals surface area contributed by atoms with Crippen molar-refractivity contribution in [3.63, 3.8) is 0 Å². The third-order valence-electron chi connectivity index (χ3n) is 1.34. The van der Waals surface area contributed by atoms with E-state index in [9.17, 15) is 0 Å². The molecule has 0 saturated heterocycles. The van der Waals surface area contributed by atoms with Gasteiger partial charge in [-0.15, -0.1) is 0 Å². The van der Waals surface area contributed by atoms with Gasteiger partial charge in [0, 0.05) is 6.57 Å². The largest absolute Gasteiger partial charge is 0.412 e. The van der Waals surface area contributed by atoms with Crippen LogP contribution in [0.1, 0.15) is 20.8 Å². The molecule has 0 heterocycles. The Morgan fingerprint density at radius 3 is 1.20 bits per heavy atom. The number of rotatable bonds is 3. The Kier molecular flexibility index (Phi) is 25.6.